The van der Waals surface area contributed by atoms with Crippen LogP contribution < -0.4 is 10.2 Å². The molecular weight excluding hydrogens is 556 g/mol. The van der Waals surface area contributed by atoms with E-state index in [1.807, 2.05) is 24.3 Å². The van der Waals surface area contributed by atoms with E-state index >= 15 is 0 Å². The predicted octanol–water partition coefficient (Wildman–Crippen LogP) is 6.06. The van der Waals surface area contributed by atoms with Crippen molar-refractivity contribution in [3.8, 4) is 0 Å². The van der Waals surface area contributed by atoms with Crippen LogP contribution in [0.5, 0.6) is 0 Å². The Hall–Kier alpha value is -3.14. The van der Waals surface area contributed by atoms with Gasteiger partial charge in [-0.2, -0.15) is 0 Å². The van der Waals surface area contributed by atoms with Crippen molar-refractivity contribution in [1.29, 1.82) is 0 Å². The van der Waals surface area contributed by atoms with Crippen LogP contribution >= 0.6 is 34.7 Å². The minimum Gasteiger partial charge on any atom is -0.462 e. The number of ether oxygens (including phenoxy) is 1. The predicted molar refractivity (Wildman–Crippen MR) is 154 cm³/mol. The zero-order chi connectivity index (χ0) is 27.5. The lowest BCUT2D eigenvalue weighted by atomic mass is 9.95. The monoisotopic (exact) mass is 582 g/mol. The van der Waals surface area contributed by atoms with Gasteiger partial charge >= 0.3 is 5.97 Å². The topological polar surface area (TPSA) is 92.8 Å². The molecule has 2 aliphatic rings. The van der Waals surface area contributed by atoms with Crippen LogP contribution in [-0.2, 0) is 38.4 Å². The van der Waals surface area contributed by atoms with Gasteiger partial charge in [-0.3, -0.25) is 14.4 Å². The number of aryl methyl sites for hydroxylation is 1. The maximum atomic E-state index is 13.4. The van der Waals surface area contributed by atoms with E-state index in [1.54, 1.807) is 31.2 Å². The molecule has 1 aromatic heterocycles. The molecule has 2 aromatic carbocycles. The number of carbonyl (C=O) groups is 4. The highest BCUT2D eigenvalue weighted by atomic mass is 35.5. The number of hydrogen-bond acceptors (Lipinski definition) is 7. The van der Waals surface area contributed by atoms with Crippen LogP contribution in [-0.4, -0.2) is 35.5 Å². The fourth-order valence-corrected chi connectivity index (χ4v) is 7.38. The van der Waals surface area contributed by atoms with Gasteiger partial charge in [0.05, 0.1) is 23.8 Å². The first-order valence-corrected chi connectivity index (χ1v) is 14.9. The summed E-state index contributed by atoms with van der Waals surface area (Å²) in [5.74, 6) is -1.26. The lowest BCUT2D eigenvalue weighted by molar-refractivity contribution is -0.121. The first-order valence-electron chi connectivity index (χ1n) is 12.8. The van der Waals surface area contributed by atoms with Crippen LogP contribution in [0.25, 0.3) is 0 Å². The zero-order valence-electron chi connectivity index (χ0n) is 21.3. The molecule has 1 unspecified atom stereocenters. The van der Waals surface area contributed by atoms with E-state index in [0.29, 0.717) is 21.3 Å². The number of rotatable bonds is 8. The average molecular weight is 583 g/mol. The number of thiophene rings is 1. The largest absolute Gasteiger partial charge is 0.462 e. The van der Waals surface area contributed by atoms with Crippen LogP contribution in [0.4, 0.5) is 10.7 Å². The third kappa shape index (κ3) is 6.05. The molecule has 7 nitrogen and oxygen atoms in total. The summed E-state index contributed by atoms with van der Waals surface area (Å²) in [4.78, 5) is 54.8. The number of nitrogens with zero attached hydrogens (tertiary/aromatic N) is 1. The minimum absolute atomic E-state index is 0.0495. The molecule has 5 rings (SSSR count). The molecule has 10 heteroatoms. The molecule has 0 bridgehead atoms. The second-order valence-corrected chi connectivity index (χ2v) is 12.2. The number of esters is 1. The summed E-state index contributed by atoms with van der Waals surface area (Å²) in [5, 5.41) is 3.29. The quantitative estimate of drug-likeness (QED) is 0.256. The minimum atomic E-state index is -0.600. The normalized spacial score (nSPS) is 16.8. The Bertz CT molecular complexity index is 1420. The number of anilines is 2. The SMILES string of the molecule is CCOC(=O)c1c(N2C(=O)CC(Sc3ccc(NC(=O)Cc4ccc(Cl)cc4)cc3)C2=O)sc2c1CCCC2. The van der Waals surface area contributed by atoms with Crippen LogP contribution in [0.2, 0.25) is 5.02 Å². The molecule has 1 atom stereocenters. The molecule has 1 aliphatic heterocycles. The molecule has 1 saturated heterocycles. The summed E-state index contributed by atoms with van der Waals surface area (Å²) in [6.45, 7) is 1.96. The van der Waals surface area contributed by atoms with E-state index in [9.17, 15) is 19.2 Å². The molecule has 1 aliphatic carbocycles. The second kappa shape index (κ2) is 11.9. The third-order valence-corrected chi connectivity index (χ3v) is 9.36. The summed E-state index contributed by atoms with van der Waals surface area (Å²) < 4.78 is 5.30. The molecule has 39 heavy (non-hydrogen) atoms. The van der Waals surface area contributed by atoms with Gasteiger partial charge in [0, 0.05) is 26.9 Å². The van der Waals surface area contributed by atoms with Crippen molar-refractivity contribution in [2.24, 2.45) is 0 Å². The van der Waals surface area contributed by atoms with Gasteiger partial charge in [-0.25, -0.2) is 9.69 Å². The van der Waals surface area contributed by atoms with Crippen molar-refractivity contribution in [1.82, 2.24) is 0 Å². The Kier molecular flexibility index (Phi) is 8.40. The summed E-state index contributed by atoms with van der Waals surface area (Å²) >= 11 is 8.57. The van der Waals surface area contributed by atoms with E-state index in [2.05, 4.69) is 5.32 Å². The summed E-state index contributed by atoms with van der Waals surface area (Å²) in [6, 6.07) is 14.3. The van der Waals surface area contributed by atoms with Gasteiger partial charge in [-0.15, -0.1) is 23.1 Å². The Morgan fingerprint density at radius 2 is 1.79 bits per heavy atom. The number of benzene rings is 2. The van der Waals surface area contributed by atoms with Crippen molar-refractivity contribution in [2.45, 2.75) is 55.6 Å². The summed E-state index contributed by atoms with van der Waals surface area (Å²) in [6.07, 6.45) is 3.84. The number of fused-ring (bicyclic) bond motifs is 1. The van der Waals surface area contributed by atoms with Crippen LogP contribution in [0, 0.1) is 0 Å². The molecule has 3 aromatic rings. The van der Waals surface area contributed by atoms with Gasteiger partial charge < -0.3 is 10.1 Å². The number of carbonyl (C=O) groups excluding carboxylic acids is 4. The number of nitrogens with one attached hydrogen (secondary N) is 1. The van der Waals surface area contributed by atoms with Gasteiger partial charge in [0.25, 0.3) is 0 Å². The van der Waals surface area contributed by atoms with E-state index in [1.165, 1.54) is 28.0 Å². The fourth-order valence-electron chi connectivity index (χ4n) is 4.81. The molecular formula is C29H27ClN2O5S2. The summed E-state index contributed by atoms with van der Waals surface area (Å²) in [7, 11) is 0. The maximum Gasteiger partial charge on any atom is 0.341 e. The average Bonchev–Trinajstić information content (AvgIpc) is 3.42. The molecule has 202 valence electrons. The summed E-state index contributed by atoms with van der Waals surface area (Å²) in [5.41, 5.74) is 2.79. The zero-order valence-corrected chi connectivity index (χ0v) is 23.7. The van der Waals surface area contributed by atoms with Crippen molar-refractivity contribution in [3.05, 3.63) is 75.1 Å². The van der Waals surface area contributed by atoms with Gasteiger partial charge in [0.15, 0.2) is 0 Å². The van der Waals surface area contributed by atoms with Crippen molar-refractivity contribution in [3.63, 3.8) is 0 Å². The van der Waals surface area contributed by atoms with Crippen LogP contribution in [0.3, 0.4) is 0 Å². The number of halogens is 1. The Morgan fingerprint density at radius 3 is 2.51 bits per heavy atom. The smallest absolute Gasteiger partial charge is 0.341 e. The third-order valence-electron chi connectivity index (χ3n) is 6.63. The van der Waals surface area contributed by atoms with Crippen molar-refractivity contribution < 1.29 is 23.9 Å². The number of thioether (sulfide) groups is 1. The lowest BCUT2D eigenvalue weighted by Crippen LogP contribution is -2.32. The van der Waals surface area contributed by atoms with E-state index in [0.717, 1.165) is 46.6 Å². The highest BCUT2D eigenvalue weighted by molar-refractivity contribution is 8.00. The number of amides is 3. The van der Waals surface area contributed by atoms with Crippen molar-refractivity contribution in [2.75, 3.05) is 16.8 Å². The Morgan fingerprint density at radius 1 is 1.08 bits per heavy atom. The Labute approximate surface area is 239 Å². The maximum absolute atomic E-state index is 13.4. The van der Waals surface area contributed by atoms with Gasteiger partial charge in [-0.1, -0.05) is 23.7 Å². The first-order chi connectivity index (χ1) is 18.8. The number of hydrogen-bond donors (Lipinski definition) is 1. The molecule has 0 radical (unpaired) electrons. The molecule has 2 heterocycles. The fraction of sp³-hybridized carbons (Fsp3) is 0.310. The highest BCUT2D eigenvalue weighted by Gasteiger charge is 2.44. The Balaban J connectivity index is 1.26. The van der Waals surface area contributed by atoms with E-state index in [4.69, 9.17) is 16.3 Å². The van der Waals surface area contributed by atoms with Gasteiger partial charge in [0.2, 0.25) is 17.7 Å². The van der Waals surface area contributed by atoms with E-state index < -0.39 is 11.2 Å². The van der Waals surface area contributed by atoms with Crippen molar-refractivity contribution >= 4 is 69.1 Å². The molecule has 1 fully saturated rings. The molecule has 1 N–H and O–H groups in total. The van der Waals surface area contributed by atoms with Crippen LogP contribution in [0.1, 0.15) is 52.5 Å². The second-order valence-electron chi connectivity index (χ2n) is 9.37. The van der Waals surface area contributed by atoms with E-state index in [-0.39, 0.29) is 37.2 Å². The number of imide groups is 1. The first kappa shape index (κ1) is 27.4. The van der Waals surface area contributed by atoms with Gasteiger partial charge in [0.1, 0.15) is 5.00 Å². The molecule has 0 saturated carbocycles. The molecule has 3 amide bonds. The standard InChI is InChI=1S/C29H27ClN2O5S2/c1-2-37-29(36)26-21-5-3-4-6-22(21)39-28(26)32-25(34)16-23(27(32)35)38-20-13-11-19(12-14-20)31-24(33)15-17-7-9-18(30)10-8-17/h7-14,23H,2-6,15-16H2,1H3,(H,31,33). The van der Waals surface area contributed by atoms with Gasteiger partial charge in [-0.05, 0) is 80.1 Å². The lowest BCUT2D eigenvalue weighted by Gasteiger charge is -2.16. The highest BCUT2D eigenvalue weighted by Crippen LogP contribution is 2.44. The molecule has 0 spiro atoms. The van der Waals surface area contributed by atoms with Crippen LogP contribution in [0.15, 0.2) is 53.4 Å².